The summed E-state index contributed by atoms with van der Waals surface area (Å²) in [5.41, 5.74) is 11.9. The molecule has 0 unspecified atom stereocenters. The fourth-order valence-corrected chi connectivity index (χ4v) is 12.1. The van der Waals surface area contributed by atoms with Crippen molar-refractivity contribution < 1.29 is 0 Å². The smallest absolute Gasteiger partial charge is 0.0750 e. The standard InChI is InChI=1S/C39H51Si/c1-10-28-19-29(11-2)23-34(22-28)40(38-18-16-17-37(38)39(7,8)9,35-24-30(12-3)20-31(13-4)25-35)36-26-32(14-5)21-33(15-6)27-36/h16-27H,10-15H2,1-9H3. The van der Waals surface area contributed by atoms with Gasteiger partial charge >= 0.3 is 0 Å². The van der Waals surface area contributed by atoms with Gasteiger partial charge in [0, 0.05) is 5.54 Å². The second-order valence-corrected chi connectivity index (χ2v) is 16.4. The highest BCUT2D eigenvalue weighted by atomic mass is 28.3. The van der Waals surface area contributed by atoms with Crippen LogP contribution in [-0.4, -0.2) is 8.07 Å². The van der Waals surface area contributed by atoms with Crippen molar-refractivity contribution in [2.24, 2.45) is 5.41 Å². The third-order valence-corrected chi connectivity index (χ3v) is 13.6. The van der Waals surface area contributed by atoms with Crippen LogP contribution >= 0.6 is 0 Å². The lowest BCUT2D eigenvalue weighted by molar-refractivity contribution is 0.509. The van der Waals surface area contributed by atoms with Crippen LogP contribution in [0.15, 0.2) is 78.4 Å². The van der Waals surface area contributed by atoms with Gasteiger partial charge in [-0.25, -0.2) is 0 Å². The maximum absolute atomic E-state index is 2.69. The van der Waals surface area contributed by atoms with Crippen LogP contribution in [-0.2, 0) is 38.5 Å². The van der Waals surface area contributed by atoms with Crippen molar-refractivity contribution in [1.29, 1.82) is 0 Å². The molecule has 1 aliphatic carbocycles. The first-order chi connectivity index (χ1) is 19.1. The Hall–Kier alpha value is -2.64. The van der Waals surface area contributed by atoms with Gasteiger partial charge in [-0.1, -0.05) is 141 Å². The molecule has 0 aliphatic heterocycles. The zero-order valence-electron chi connectivity index (χ0n) is 26.7. The van der Waals surface area contributed by atoms with Crippen molar-refractivity contribution in [3.05, 3.63) is 117 Å². The fourth-order valence-electron chi connectivity index (χ4n) is 6.53. The molecule has 0 heterocycles. The summed E-state index contributed by atoms with van der Waals surface area (Å²) in [6.45, 7) is 21.0. The minimum atomic E-state index is -2.69. The van der Waals surface area contributed by atoms with Gasteiger partial charge in [0.15, 0.2) is 8.07 Å². The van der Waals surface area contributed by atoms with Crippen LogP contribution < -0.4 is 15.6 Å². The summed E-state index contributed by atoms with van der Waals surface area (Å²) in [6.07, 6.45) is 13.6. The van der Waals surface area contributed by atoms with Crippen molar-refractivity contribution in [3.8, 4) is 0 Å². The molecule has 4 rings (SSSR count). The third-order valence-electron chi connectivity index (χ3n) is 8.93. The molecule has 0 saturated heterocycles. The van der Waals surface area contributed by atoms with Gasteiger partial charge in [0.2, 0.25) is 0 Å². The lowest BCUT2D eigenvalue weighted by Crippen LogP contribution is -2.71. The van der Waals surface area contributed by atoms with E-state index in [4.69, 9.17) is 0 Å². The maximum Gasteiger partial charge on any atom is 0.163 e. The van der Waals surface area contributed by atoms with Gasteiger partial charge in [0.1, 0.15) is 0 Å². The van der Waals surface area contributed by atoms with E-state index in [-0.39, 0.29) is 5.41 Å². The Labute approximate surface area is 246 Å². The molecule has 0 nitrogen and oxygen atoms in total. The third kappa shape index (κ3) is 5.73. The predicted molar refractivity (Wildman–Crippen MR) is 180 cm³/mol. The van der Waals surface area contributed by atoms with E-state index in [0.29, 0.717) is 0 Å². The van der Waals surface area contributed by atoms with Gasteiger partial charge in [-0.05, 0) is 92.9 Å². The normalized spacial score (nSPS) is 14.2. The highest BCUT2D eigenvalue weighted by Gasteiger charge is 2.50. The Bertz CT molecular complexity index is 1190. The lowest BCUT2D eigenvalue weighted by atomic mass is 9.85. The summed E-state index contributed by atoms with van der Waals surface area (Å²) in [7, 11) is -2.69. The topological polar surface area (TPSA) is 0 Å². The Balaban J connectivity index is 2.27. The average molecular weight is 548 g/mol. The fraction of sp³-hybridized carbons (Fsp3) is 0.410. The molecule has 3 aromatic carbocycles. The van der Waals surface area contributed by atoms with Crippen LogP contribution in [0.3, 0.4) is 0 Å². The molecule has 0 bridgehead atoms. The number of aryl methyl sites for hydroxylation is 6. The predicted octanol–water partition coefficient (Wildman–Crippen LogP) is 8.19. The summed E-state index contributed by atoms with van der Waals surface area (Å²) >= 11 is 0. The zero-order valence-corrected chi connectivity index (χ0v) is 27.7. The van der Waals surface area contributed by atoms with Crippen LogP contribution in [0.25, 0.3) is 0 Å². The van der Waals surface area contributed by atoms with Gasteiger partial charge in [0.25, 0.3) is 0 Å². The zero-order chi connectivity index (χ0) is 29.1. The number of allylic oxidation sites excluding steroid dienone is 4. The van der Waals surface area contributed by atoms with Gasteiger partial charge < -0.3 is 0 Å². The molecule has 3 aromatic rings. The van der Waals surface area contributed by atoms with Crippen LogP contribution in [0.1, 0.15) is 95.7 Å². The molecule has 0 amide bonds. The maximum atomic E-state index is 2.58. The van der Waals surface area contributed by atoms with Crippen molar-refractivity contribution in [2.45, 2.75) is 101 Å². The molecule has 0 saturated carbocycles. The summed E-state index contributed by atoms with van der Waals surface area (Å²) in [4.78, 5) is 0. The summed E-state index contributed by atoms with van der Waals surface area (Å²) < 4.78 is 0. The van der Waals surface area contributed by atoms with E-state index in [1.165, 1.54) is 39.0 Å². The quantitative estimate of drug-likeness (QED) is 0.177. The average Bonchev–Trinajstić information content (AvgIpc) is 3.48. The molecular formula is C39H51Si. The summed E-state index contributed by atoms with van der Waals surface area (Å²) in [5, 5.41) is 4.64. The molecule has 0 N–H and O–H groups in total. The van der Waals surface area contributed by atoms with Crippen molar-refractivity contribution in [1.82, 2.24) is 0 Å². The molecule has 1 heteroatoms. The molecule has 0 spiro atoms. The number of benzene rings is 3. The minimum Gasteiger partial charge on any atom is -0.0750 e. The SMILES string of the molecule is CCc1cc(CC)cc([Si]([C]2C=CC=C2C(C)(C)C)(c2cc(CC)cc(CC)c2)c2cc(CC)cc(CC)c2)c1. The highest BCUT2D eigenvalue weighted by Crippen LogP contribution is 2.42. The largest absolute Gasteiger partial charge is 0.163 e. The van der Waals surface area contributed by atoms with Gasteiger partial charge in [0.05, 0.1) is 0 Å². The first-order valence-electron chi connectivity index (χ1n) is 15.8. The molecule has 1 aliphatic rings. The van der Waals surface area contributed by atoms with Crippen LogP contribution in [0.2, 0.25) is 0 Å². The van der Waals surface area contributed by atoms with Crippen molar-refractivity contribution >= 4 is 23.6 Å². The first-order valence-corrected chi connectivity index (χ1v) is 17.8. The van der Waals surface area contributed by atoms with Crippen LogP contribution in [0, 0.1) is 11.0 Å². The van der Waals surface area contributed by atoms with E-state index in [2.05, 4.69) is 135 Å². The van der Waals surface area contributed by atoms with E-state index < -0.39 is 8.07 Å². The second kappa shape index (κ2) is 12.5. The van der Waals surface area contributed by atoms with Gasteiger partial charge in [-0.3, -0.25) is 0 Å². The van der Waals surface area contributed by atoms with Crippen LogP contribution in [0.4, 0.5) is 0 Å². The molecular weight excluding hydrogens is 497 g/mol. The van der Waals surface area contributed by atoms with Gasteiger partial charge in [-0.15, -0.1) is 0 Å². The molecule has 211 valence electrons. The van der Waals surface area contributed by atoms with Gasteiger partial charge in [-0.2, -0.15) is 0 Å². The molecule has 1 radical (unpaired) electrons. The molecule has 0 aromatic heterocycles. The van der Waals surface area contributed by atoms with Crippen molar-refractivity contribution in [3.63, 3.8) is 0 Å². The van der Waals surface area contributed by atoms with E-state index in [1.54, 1.807) is 21.1 Å². The highest BCUT2D eigenvalue weighted by molar-refractivity contribution is 7.16. The number of rotatable bonds is 10. The van der Waals surface area contributed by atoms with Crippen molar-refractivity contribution in [2.75, 3.05) is 0 Å². The molecule has 40 heavy (non-hydrogen) atoms. The Kier molecular flexibility index (Phi) is 9.46. The summed E-state index contributed by atoms with van der Waals surface area (Å²) in [5.74, 6) is 0. The Morgan fingerprint density at radius 3 is 1.02 bits per heavy atom. The van der Waals surface area contributed by atoms with E-state index in [0.717, 1.165) is 38.5 Å². The van der Waals surface area contributed by atoms with E-state index in [9.17, 15) is 0 Å². The Morgan fingerprint density at radius 2 is 0.775 bits per heavy atom. The monoisotopic (exact) mass is 547 g/mol. The van der Waals surface area contributed by atoms with Crippen LogP contribution in [0.5, 0.6) is 0 Å². The van der Waals surface area contributed by atoms with E-state index in [1.807, 2.05) is 0 Å². The summed E-state index contributed by atoms with van der Waals surface area (Å²) in [6, 6.07) is 22.8. The second-order valence-electron chi connectivity index (χ2n) is 12.6. The Morgan fingerprint density at radius 1 is 0.475 bits per heavy atom. The molecule has 0 atom stereocenters. The lowest BCUT2D eigenvalue weighted by Gasteiger charge is -2.43. The minimum absolute atomic E-state index is 0.0545. The molecule has 0 fully saturated rings. The van der Waals surface area contributed by atoms with E-state index >= 15 is 0 Å². The number of hydrogen-bond donors (Lipinski definition) is 0. The first kappa shape index (κ1) is 30.3. The number of hydrogen-bond acceptors (Lipinski definition) is 0.